The van der Waals surface area contributed by atoms with Crippen LogP contribution in [0.15, 0.2) is 18.2 Å². The molecule has 2 rings (SSSR count). The Kier molecular flexibility index (Phi) is 5.67. The zero-order chi connectivity index (χ0) is 15.4. The Labute approximate surface area is 125 Å². The second-order valence-corrected chi connectivity index (χ2v) is 5.72. The molecule has 0 aliphatic carbocycles. The van der Waals surface area contributed by atoms with E-state index in [4.69, 9.17) is 5.73 Å². The van der Waals surface area contributed by atoms with Crippen LogP contribution in [0, 0.1) is 11.6 Å². The lowest BCUT2D eigenvalue weighted by molar-refractivity contribution is 0.0979. The molecule has 0 spiro atoms. The number of likely N-dealkylation sites (N-methyl/N-ethyl adjacent to an activating group) is 1. The minimum absolute atomic E-state index is 0.0976. The first kappa shape index (κ1) is 16.3. The molecule has 0 radical (unpaired) electrons. The maximum Gasteiger partial charge on any atom is 0.130 e. The Hall–Kier alpha value is -1.04. The lowest BCUT2D eigenvalue weighted by atomic mass is 9.98. The molecule has 0 bridgehead atoms. The van der Waals surface area contributed by atoms with E-state index in [0.29, 0.717) is 6.04 Å². The molecule has 118 valence electrons. The van der Waals surface area contributed by atoms with Crippen LogP contribution in [0.4, 0.5) is 8.78 Å². The molecule has 1 heterocycles. The van der Waals surface area contributed by atoms with Crippen molar-refractivity contribution in [3.8, 4) is 0 Å². The number of hydrogen-bond donors (Lipinski definition) is 1. The fourth-order valence-electron chi connectivity index (χ4n) is 3.21. The highest BCUT2D eigenvalue weighted by Gasteiger charge is 2.29. The van der Waals surface area contributed by atoms with Crippen LogP contribution in [0.25, 0.3) is 0 Å². The number of hydrogen-bond acceptors (Lipinski definition) is 3. The maximum atomic E-state index is 14.0. The summed E-state index contributed by atoms with van der Waals surface area (Å²) < 4.78 is 28.0. The summed E-state index contributed by atoms with van der Waals surface area (Å²) in [6.07, 6.45) is 2.02. The van der Waals surface area contributed by atoms with E-state index in [1.54, 1.807) is 0 Å². The number of nitrogens with zero attached hydrogens (tertiary/aromatic N) is 2. The number of piperidine rings is 1. The molecular formula is C16H25F2N3. The standard InChI is InChI=1S/C16H25F2N3/c1-3-21-9-7-12(8-10-21)20(2)15(11-19)16-13(17)5-4-6-14(16)18/h4-6,12,15H,3,7-11,19H2,1-2H3. The molecule has 1 aliphatic heterocycles. The minimum Gasteiger partial charge on any atom is -0.329 e. The van der Waals surface area contributed by atoms with Gasteiger partial charge in [0.25, 0.3) is 0 Å². The van der Waals surface area contributed by atoms with E-state index in [1.807, 2.05) is 7.05 Å². The molecule has 3 nitrogen and oxygen atoms in total. The lowest BCUT2D eigenvalue weighted by Gasteiger charge is -2.40. The first-order valence-electron chi connectivity index (χ1n) is 7.66. The third-order valence-corrected chi connectivity index (χ3v) is 4.63. The van der Waals surface area contributed by atoms with E-state index in [0.717, 1.165) is 32.5 Å². The van der Waals surface area contributed by atoms with Crippen LogP contribution in [-0.4, -0.2) is 49.1 Å². The van der Waals surface area contributed by atoms with Gasteiger partial charge in [0.1, 0.15) is 11.6 Å². The molecule has 1 unspecified atom stereocenters. The van der Waals surface area contributed by atoms with Gasteiger partial charge in [-0.25, -0.2) is 8.78 Å². The van der Waals surface area contributed by atoms with E-state index >= 15 is 0 Å². The quantitative estimate of drug-likeness (QED) is 0.906. The van der Waals surface area contributed by atoms with Gasteiger partial charge in [0.15, 0.2) is 0 Å². The molecule has 1 fully saturated rings. The van der Waals surface area contributed by atoms with Crippen LogP contribution >= 0.6 is 0 Å². The summed E-state index contributed by atoms with van der Waals surface area (Å²) >= 11 is 0. The van der Waals surface area contributed by atoms with Gasteiger partial charge in [-0.05, 0) is 51.7 Å². The Morgan fingerprint density at radius 2 is 1.86 bits per heavy atom. The fraction of sp³-hybridized carbons (Fsp3) is 0.625. The summed E-state index contributed by atoms with van der Waals surface area (Å²) in [4.78, 5) is 4.44. The van der Waals surface area contributed by atoms with Crippen molar-refractivity contribution in [3.63, 3.8) is 0 Å². The summed E-state index contributed by atoms with van der Waals surface area (Å²) in [6, 6.07) is 3.90. The van der Waals surface area contributed by atoms with E-state index in [1.165, 1.54) is 18.2 Å². The predicted octanol–water partition coefficient (Wildman–Crippen LogP) is 2.38. The maximum absolute atomic E-state index is 14.0. The first-order chi connectivity index (χ1) is 10.1. The van der Waals surface area contributed by atoms with Gasteiger partial charge >= 0.3 is 0 Å². The third kappa shape index (κ3) is 3.59. The molecule has 5 heteroatoms. The number of rotatable bonds is 5. The van der Waals surface area contributed by atoms with Gasteiger partial charge in [-0.15, -0.1) is 0 Å². The lowest BCUT2D eigenvalue weighted by Crippen LogP contribution is -2.46. The summed E-state index contributed by atoms with van der Waals surface area (Å²) in [7, 11) is 1.93. The summed E-state index contributed by atoms with van der Waals surface area (Å²) in [5, 5.41) is 0. The van der Waals surface area contributed by atoms with Crippen molar-refractivity contribution in [3.05, 3.63) is 35.4 Å². The first-order valence-corrected chi connectivity index (χ1v) is 7.66. The molecule has 2 N–H and O–H groups in total. The normalized spacial score (nSPS) is 19.1. The van der Waals surface area contributed by atoms with Crippen LogP contribution in [0.2, 0.25) is 0 Å². The second-order valence-electron chi connectivity index (χ2n) is 5.72. The van der Waals surface area contributed by atoms with Crippen molar-refractivity contribution >= 4 is 0 Å². The highest BCUT2D eigenvalue weighted by Crippen LogP contribution is 2.28. The van der Waals surface area contributed by atoms with Gasteiger partial charge in [-0.1, -0.05) is 13.0 Å². The Morgan fingerprint density at radius 3 is 2.33 bits per heavy atom. The molecule has 1 atom stereocenters. The van der Waals surface area contributed by atoms with Crippen LogP contribution in [0.1, 0.15) is 31.4 Å². The zero-order valence-corrected chi connectivity index (χ0v) is 12.9. The van der Waals surface area contributed by atoms with E-state index < -0.39 is 17.7 Å². The molecule has 0 saturated carbocycles. The molecule has 0 amide bonds. The smallest absolute Gasteiger partial charge is 0.130 e. The number of halogens is 2. The third-order valence-electron chi connectivity index (χ3n) is 4.63. The highest BCUT2D eigenvalue weighted by molar-refractivity contribution is 5.24. The topological polar surface area (TPSA) is 32.5 Å². The molecule has 0 aromatic heterocycles. The monoisotopic (exact) mass is 297 g/mol. The highest BCUT2D eigenvalue weighted by atomic mass is 19.1. The van der Waals surface area contributed by atoms with Gasteiger partial charge < -0.3 is 10.6 Å². The fourth-order valence-corrected chi connectivity index (χ4v) is 3.21. The number of likely N-dealkylation sites (tertiary alicyclic amines) is 1. The molecular weight excluding hydrogens is 272 g/mol. The molecule has 21 heavy (non-hydrogen) atoms. The number of benzene rings is 1. The summed E-state index contributed by atoms with van der Waals surface area (Å²) in [5.41, 5.74) is 5.92. The largest absolute Gasteiger partial charge is 0.329 e. The molecule has 1 saturated heterocycles. The van der Waals surface area contributed by atoms with Crippen molar-refractivity contribution in [2.24, 2.45) is 5.73 Å². The zero-order valence-electron chi connectivity index (χ0n) is 12.9. The van der Waals surface area contributed by atoms with Crippen LogP contribution in [0.3, 0.4) is 0 Å². The SMILES string of the molecule is CCN1CCC(N(C)C(CN)c2c(F)cccc2F)CC1. The average molecular weight is 297 g/mol. The van der Waals surface area contributed by atoms with Gasteiger partial charge in [-0.2, -0.15) is 0 Å². The molecule has 1 aromatic rings. The van der Waals surface area contributed by atoms with Crippen LogP contribution < -0.4 is 5.73 Å². The average Bonchev–Trinajstić information content (AvgIpc) is 2.50. The van der Waals surface area contributed by atoms with E-state index in [9.17, 15) is 8.78 Å². The minimum atomic E-state index is -0.511. The number of nitrogens with two attached hydrogens (primary N) is 1. The van der Waals surface area contributed by atoms with E-state index in [2.05, 4.69) is 16.7 Å². The van der Waals surface area contributed by atoms with Gasteiger partial charge in [-0.3, -0.25) is 4.90 Å². The Bertz CT molecular complexity index is 439. The van der Waals surface area contributed by atoms with Crippen LogP contribution in [0.5, 0.6) is 0 Å². The van der Waals surface area contributed by atoms with Crippen molar-refractivity contribution in [2.75, 3.05) is 33.2 Å². The molecule has 1 aromatic carbocycles. The Balaban J connectivity index is 2.14. The van der Waals surface area contributed by atoms with Gasteiger partial charge in [0.2, 0.25) is 0 Å². The van der Waals surface area contributed by atoms with Crippen molar-refractivity contribution in [1.29, 1.82) is 0 Å². The van der Waals surface area contributed by atoms with Crippen LogP contribution in [-0.2, 0) is 0 Å². The van der Waals surface area contributed by atoms with Crippen molar-refractivity contribution in [1.82, 2.24) is 9.80 Å². The summed E-state index contributed by atoms with van der Waals surface area (Å²) in [5.74, 6) is -1.02. The van der Waals surface area contributed by atoms with Gasteiger partial charge in [0, 0.05) is 18.2 Å². The van der Waals surface area contributed by atoms with Crippen molar-refractivity contribution in [2.45, 2.75) is 31.8 Å². The predicted molar refractivity (Wildman–Crippen MR) is 81.1 cm³/mol. The van der Waals surface area contributed by atoms with E-state index in [-0.39, 0.29) is 12.1 Å². The second kappa shape index (κ2) is 7.29. The van der Waals surface area contributed by atoms with Gasteiger partial charge in [0.05, 0.1) is 6.04 Å². The molecule has 1 aliphatic rings. The Morgan fingerprint density at radius 1 is 1.29 bits per heavy atom. The summed E-state index contributed by atoms with van der Waals surface area (Å²) in [6.45, 7) is 5.48. The van der Waals surface area contributed by atoms with Crippen molar-refractivity contribution < 1.29 is 8.78 Å².